The van der Waals surface area contributed by atoms with E-state index in [0.717, 1.165) is 32.4 Å². The van der Waals surface area contributed by atoms with Crippen LogP contribution in [0.25, 0.3) is 0 Å². The largest absolute Gasteiger partial charge is 0.497 e. The molecule has 0 radical (unpaired) electrons. The summed E-state index contributed by atoms with van der Waals surface area (Å²) in [5, 5.41) is 3.45. The molecule has 2 nitrogen and oxygen atoms in total. The molecule has 0 fully saturated rings. The second-order valence-corrected chi connectivity index (χ2v) is 6.41. The lowest BCUT2D eigenvalue weighted by Gasteiger charge is -2.19. The lowest BCUT2D eigenvalue weighted by molar-refractivity contribution is 0.123. The predicted molar refractivity (Wildman–Crippen MR) is 71.8 cm³/mol. The summed E-state index contributed by atoms with van der Waals surface area (Å²) in [6, 6.07) is 4.28. The van der Waals surface area contributed by atoms with Crippen molar-refractivity contribution in [2.24, 2.45) is 0 Å². The predicted octanol–water partition coefficient (Wildman–Crippen LogP) is 3.34. The number of hydrogen-bond acceptors (Lipinski definition) is 3. The zero-order valence-corrected chi connectivity index (χ0v) is 11.5. The molecule has 0 aliphatic carbocycles. The van der Waals surface area contributed by atoms with Crippen LogP contribution in [-0.2, 0) is 11.2 Å². The highest BCUT2D eigenvalue weighted by atomic mass is 79.9. The second-order valence-electron chi connectivity index (χ2n) is 3.87. The summed E-state index contributed by atoms with van der Waals surface area (Å²) in [4.78, 5) is 1.42. The summed E-state index contributed by atoms with van der Waals surface area (Å²) in [5.41, 5.74) is 0. The topological polar surface area (TPSA) is 21.3 Å². The fourth-order valence-electron chi connectivity index (χ4n) is 1.70. The van der Waals surface area contributed by atoms with Crippen LogP contribution < -0.4 is 5.32 Å². The van der Waals surface area contributed by atoms with Crippen molar-refractivity contribution < 1.29 is 4.74 Å². The van der Waals surface area contributed by atoms with Crippen LogP contribution in [-0.4, -0.2) is 19.2 Å². The van der Waals surface area contributed by atoms with Gasteiger partial charge in [-0.05, 0) is 53.4 Å². The summed E-state index contributed by atoms with van der Waals surface area (Å²) in [6.45, 7) is 1.98. The molecule has 4 heteroatoms. The van der Waals surface area contributed by atoms with E-state index in [1.165, 1.54) is 8.66 Å². The number of allylic oxidation sites excluding steroid dienone is 1. The van der Waals surface area contributed by atoms with Crippen LogP contribution in [0.1, 0.15) is 17.7 Å². The highest BCUT2D eigenvalue weighted by molar-refractivity contribution is 9.11. The summed E-state index contributed by atoms with van der Waals surface area (Å²) in [6.07, 6.45) is 7.64. The summed E-state index contributed by atoms with van der Waals surface area (Å²) >= 11 is 5.28. The maximum absolute atomic E-state index is 5.49. The molecule has 1 N–H and O–H groups in total. The lowest BCUT2D eigenvalue weighted by Crippen LogP contribution is -2.30. The van der Waals surface area contributed by atoms with Gasteiger partial charge in [0, 0.05) is 18.0 Å². The molecule has 88 valence electrons. The highest BCUT2D eigenvalue weighted by Crippen LogP contribution is 2.22. The first-order valence-electron chi connectivity index (χ1n) is 5.60. The average molecular weight is 302 g/mol. The summed E-state index contributed by atoms with van der Waals surface area (Å²) in [5.74, 6) is 0. The SMILES string of the molecule is Brc1ccc(CCNCC2CCC=CO2)s1. The molecule has 0 saturated carbocycles. The van der Waals surface area contributed by atoms with Gasteiger partial charge in [-0.1, -0.05) is 0 Å². The van der Waals surface area contributed by atoms with Crippen LogP contribution in [0.5, 0.6) is 0 Å². The second kappa shape index (κ2) is 6.42. The molecule has 0 bridgehead atoms. The molecule has 2 rings (SSSR count). The van der Waals surface area contributed by atoms with Gasteiger partial charge in [0.1, 0.15) is 6.10 Å². The van der Waals surface area contributed by atoms with Crippen molar-refractivity contribution in [1.29, 1.82) is 0 Å². The number of ether oxygens (including phenoxy) is 1. The standard InChI is InChI=1S/C12H16BrNOS/c13-12-5-4-11(16-12)6-7-14-9-10-3-1-2-8-15-10/h2,4-5,8,10,14H,1,3,6-7,9H2. The van der Waals surface area contributed by atoms with Gasteiger partial charge in [-0.25, -0.2) is 0 Å². The molecule has 2 heterocycles. The third-order valence-electron chi connectivity index (χ3n) is 2.57. The molecular weight excluding hydrogens is 286 g/mol. The Hall–Kier alpha value is -0.320. The van der Waals surface area contributed by atoms with Crippen LogP contribution >= 0.6 is 27.3 Å². The number of hydrogen-bond donors (Lipinski definition) is 1. The van der Waals surface area contributed by atoms with Crippen LogP contribution in [0, 0.1) is 0 Å². The van der Waals surface area contributed by atoms with Gasteiger partial charge in [0.15, 0.2) is 0 Å². The van der Waals surface area contributed by atoms with E-state index in [0.29, 0.717) is 6.10 Å². The molecule has 1 atom stereocenters. The Balaban J connectivity index is 1.59. The molecule has 0 saturated heterocycles. The van der Waals surface area contributed by atoms with Crippen molar-refractivity contribution in [3.05, 3.63) is 33.1 Å². The van der Waals surface area contributed by atoms with E-state index in [2.05, 4.69) is 39.5 Å². The Bertz CT molecular complexity index is 351. The van der Waals surface area contributed by atoms with E-state index >= 15 is 0 Å². The maximum atomic E-state index is 5.49. The average Bonchev–Trinajstić information content (AvgIpc) is 2.72. The van der Waals surface area contributed by atoms with Crippen molar-refractivity contribution in [3.8, 4) is 0 Å². The minimum absolute atomic E-state index is 0.361. The van der Waals surface area contributed by atoms with Gasteiger partial charge >= 0.3 is 0 Å². The highest BCUT2D eigenvalue weighted by Gasteiger charge is 2.09. The molecular formula is C12H16BrNOS. The third-order valence-corrected chi connectivity index (χ3v) is 4.26. The van der Waals surface area contributed by atoms with Gasteiger partial charge in [0.2, 0.25) is 0 Å². The van der Waals surface area contributed by atoms with E-state index in [4.69, 9.17) is 4.74 Å². The Kier molecular flexibility index (Phi) is 4.88. The fraction of sp³-hybridized carbons (Fsp3) is 0.500. The number of rotatable bonds is 5. The summed E-state index contributed by atoms with van der Waals surface area (Å²) < 4.78 is 6.70. The van der Waals surface area contributed by atoms with Crippen molar-refractivity contribution in [2.75, 3.05) is 13.1 Å². The van der Waals surface area contributed by atoms with Crippen LogP contribution in [0.15, 0.2) is 28.3 Å². The quantitative estimate of drug-likeness (QED) is 0.842. The monoisotopic (exact) mass is 301 g/mol. The first-order valence-corrected chi connectivity index (χ1v) is 7.21. The first-order chi connectivity index (χ1) is 7.84. The van der Waals surface area contributed by atoms with Crippen LogP contribution in [0.3, 0.4) is 0 Å². The zero-order chi connectivity index (χ0) is 11.2. The molecule has 1 aliphatic rings. The van der Waals surface area contributed by atoms with E-state index < -0.39 is 0 Å². The van der Waals surface area contributed by atoms with Gasteiger partial charge in [0.05, 0.1) is 10.0 Å². The van der Waals surface area contributed by atoms with Crippen molar-refractivity contribution in [1.82, 2.24) is 5.32 Å². The Morgan fingerprint density at radius 3 is 3.12 bits per heavy atom. The van der Waals surface area contributed by atoms with Gasteiger partial charge in [-0.3, -0.25) is 0 Å². The number of nitrogens with one attached hydrogen (secondary N) is 1. The molecule has 1 aromatic rings. The van der Waals surface area contributed by atoms with E-state index in [9.17, 15) is 0 Å². The van der Waals surface area contributed by atoms with Gasteiger partial charge < -0.3 is 10.1 Å². The molecule has 1 unspecified atom stereocenters. The molecule has 16 heavy (non-hydrogen) atoms. The minimum atomic E-state index is 0.361. The van der Waals surface area contributed by atoms with Crippen molar-refractivity contribution in [3.63, 3.8) is 0 Å². The Labute approximate surface area is 109 Å². The zero-order valence-electron chi connectivity index (χ0n) is 9.12. The van der Waals surface area contributed by atoms with Crippen LogP contribution in [0.4, 0.5) is 0 Å². The molecule has 0 spiro atoms. The summed E-state index contributed by atoms with van der Waals surface area (Å²) in [7, 11) is 0. The van der Waals surface area contributed by atoms with E-state index in [1.54, 1.807) is 0 Å². The fourth-order valence-corrected chi connectivity index (χ4v) is 3.18. The smallest absolute Gasteiger partial charge is 0.110 e. The van der Waals surface area contributed by atoms with Crippen molar-refractivity contribution >= 4 is 27.3 Å². The molecule has 0 aromatic carbocycles. The number of halogens is 1. The van der Waals surface area contributed by atoms with E-state index in [1.807, 2.05) is 17.6 Å². The Morgan fingerprint density at radius 1 is 1.50 bits per heavy atom. The van der Waals surface area contributed by atoms with Crippen molar-refractivity contribution in [2.45, 2.75) is 25.4 Å². The first kappa shape index (κ1) is 12.1. The number of thiophene rings is 1. The molecule has 0 amide bonds. The minimum Gasteiger partial charge on any atom is -0.497 e. The Morgan fingerprint density at radius 2 is 2.44 bits per heavy atom. The molecule has 1 aromatic heterocycles. The van der Waals surface area contributed by atoms with Gasteiger partial charge in [-0.2, -0.15) is 0 Å². The maximum Gasteiger partial charge on any atom is 0.110 e. The van der Waals surface area contributed by atoms with Gasteiger partial charge in [-0.15, -0.1) is 11.3 Å². The van der Waals surface area contributed by atoms with E-state index in [-0.39, 0.29) is 0 Å². The third kappa shape index (κ3) is 3.92. The lowest BCUT2D eigenvalue weighted by atomic mass is 10.1. The normalized spacial score (nSPS) is 19.7. The van der Waals surface area contributed by atoms with Crippen LogP contribution in [0.2, 0.25) is 0 Å². The molecule has 1 aliphatic heterocycles. The van der Waals surface area contributed by atoms with Gasteiger partial charge in [0.25, 0.3) is 0 Å².